The van der Waals surface area contributed by atoms with Crippen LogP contribution in [0.5, 0.6) is 0 Å². The van der Waals surface area contributed by atoms with Crippen molar-refractivity contribution in [2.24, 2.45) is 0 Å². The fraction of sp³-hybridized carbons (Fsp3) is 0.100. The van der Waals surface area contributed by atoms with Crippen molar-refractivity contribution in [1.82, 2.24) is 0 Å². The standard InChI is InChI=1S/C40H31BN2/c1-26-22-32-31-24-30-29-18-10-11-19-33(29)40(2,3)34(30)25-37(31)43(28-16-8-5-9-17-28)41-35-20-12-13-21-36(35)42(38(23-26)39(32)41)27-14-6-4-7-15-27/h4-25H,1-3H3. The highest BCUT2D eigenvalue weighted by atomic mass is 15.2. The number of rotatable bonds is 2. The van der Waals surface area contributed by atoms with Gasteiger partial charge in [-0.25, -0.2) is 0 Å². The van der Waals surface area contributed by atoms with Gasteiger partial charge in [0.2, 0.25) is 0 Å². The maximum Gasteiger partial charge on any atom is 0.333 e. The molecular formula is C40H31BN2. The van der Waals surface area contributed by atoms with Crippen LogP contribution in [0.1, 0.15) is 30.5 Å². The minimum atomic E-state index is -0.0735. The summed E-state index contributed by atoms with van der Waals surface area (Å²) in [7, 11) is 0. The molecule has 1 aliphatic carbocycles. The molecule has 0 unspecified atom stereocenters. The fourth-order valence-electron chi connectivity index (χ4n) is 7.97. The molecule has 2 nitrogen and oxygen atoms in total. The number of anilines is 5. The molecule has 204 valence electrons. The van der Waals surface area contributed by atoms with Crippen molar-refractivity contribution in [3.8, 4) is 22.3 Å². The summed E-state index contributed by atoms with van der Waals surface area (Å²) in [5.74, 6) is 0. The second-order valence-electron chi connectivity index (χ2n) is 12.7. The molecular weight excluding hydrogens is 519 g/mol. The smallest absolute Gasteiger partial charge is 0.333 e. The van der Waals surface area contributed by atoms with Gasteiger partial charge in [-0.05, 0) is 99.8 Å². The summed E-state index contributed by atoms with van der Waals surface area (Å²) in [6, 6.07) is 49.6. The van der Waals surface area contributed by atoms with Gasteiger partial charge in [0.15, 0.2) is 0 Å². The van der Waals surface area contributed by atoms with E-state index >= 15 is 0 Å². The van der Waals surface area contributed by atoms with E-state index in [1.54, 1.807) is 0 Å². The highest BCUT2D eigenvalue weighted by molar-refractivity contribution is 6.93. The van der Waals surface area contributed by atoms with E-state index in [1.165, 1.54) is 78.3 Å². The zero-order chi connectivity index (χ0) is 28.9. The number of para-hydroxylation sites is 3. The fourth-order valence-corrected chi connectivity index (χ4v) is 7.97. The molecule has 9 rings (SSSR count). The van der Waals surface area contributed by atoms with Crippen molar-refractivity contribution < 1.29 is 0 Å². The maximum atomic E-state index is 2.61. The predicted molar refractivity (Wildman–Crippen MR) is 182 cm³/mol. The average Bonchev–Trinajstić information content (AvgIpc) is 3.26. The molecule has 0 saturated heterocycles. The first kappa shape index (κ1) is 24.6. The van der Waals surface area contributed by atoms with E-state index in [0.717, 1.165) is 0 Å². The molecule has 0 spiro atoms. The van der Waals surface area contributed by atoms with Gasteiger partial charge < -0.3 is 9.71 Å². The third-order valence-corrected chi connectivity index (χ3v) is 9.85. The Bertz CT molecular complexity index is 2080. The van der Waals surface area contributed by atoms with Crippen LogP contribution < -0.4 is 20.6 Å². The number of nitrogens with zero attached hydrogens (tertiary/aromatic N) is 2. The van der Waals surface area contributed by atoms with Crippen molar-refractivity contribution in [2.45, 2.75) is 26.2 Å². The van der Waals surface area contributed by atoms with Crippen LogP contribution in [-0.4, -0.2) is 6.85 Å². The maximum absolute atomic E-state index is 2.61. The highest BCUT2D eigenvalue weighted by Gasteiger charge is 2.46. The summed E-state index contributed by atoms with van der Waals surface area (Å²) in [5.41, 5.74) is 18.2. The summed E-state index contributed by atoms with van der Waals surface area (Å²) < 4.78 is 0. The number of hydrogen-bond donors (Lipinski definition) is 0. The largest absolute Gasteiger partial charge is 0.376 e. The number of fused-ring (bicyclic) bond motifs is 7. The minimum Gasteiger partial charge on any atom is -0.376 e. The van der Waals surface area contributed by atoms with E-state index in [0.29, 0.717) is 0 Å². The average molecular weight is 551 g/mol. The molecule has 3 heteroatoms. The molecule has 43 heavy (non-hydrogen) atoms. The van der Waals surface area contributed by atoms with Crippen molar-refractivity contribution in [1.29, 1.82) is 0 Å². The molecule has 0 saturated carbocycles. The summed E-state index contributed by atoms with van der Waals surface area (Å²) in [5, 5.41) is 0. The van der Waals surface area contributed by atoms with Gasteiger partial charge in [-0.3, -0.25) is 0 Å². The lowest BCUT2D eigenvalue weighted by atomic mass is 9.43. The summed E-state index contributed by atoms with van der Waals surface area (Å²) in [4.78, 5) is 5.08. The Balaban J connectivity index is 1.42. The second-order valence-corrected chi connectivity index (χ2v) is 12.7. The normalized spacial score (nSPS) is 14.9. The number of hydrogen-bond acceptors (Lipinski definition) is 2. The Morgan fingerprint density at radius 1 is 0.512 bits per heavy atom. The first-order valence-electron chi connectivity index (χ1n) is 15.2. The summed E-state index contributed by atoms with van der Waals surface area (Å²) >= 11 is 0. The van der Waals surface area contributed by atoms with Crippen LogP contribution in [0.15, 0.2) is 133 Å². The van der Waals surface area contributed by atoms with Crippen molar-refractivity contribution in [3.05, 3.63) is 150 Å². The van der Waals surface area contributed by atoms with Crippen LogP contribution in [0.4, 0.5) is 28.4 Å². The van der Waals surface area contributed by atoms with Crippen LogP contribution >= 0.6 is 0 Å². The number of benzene rings is 6. The minimum absolute atomic E-state index is 0.0432. The molecule has 0 amide bonds. The topological polar surface area (TPSA) is 6.48 Å². The Hall–Kier alpha value is -5.02. The molecule has 6 aromatic rings. The van der Waals surface area contributed by atoms with Crippen LogP contribution in [0.25, 0.3) is 22.3 Å². The van der Waals surface area contributed by atoms with E-state index in [9.17, 15) is 0 Å². The molecule has 2 heterocycles. The van der Waals surface area contributed by atoms with Gasteiger partial charge in [-0.2, -0.15) is 0 Å². The molecule has 0 atom stereocenters. The zero-order valence-corrected chi connectivity index (χ0v) is 24.7. The van der Waals surface area contributed by atoms with Crippen LogP contribution in [-0.2, 0) is 5.41 Å². The molecule has 0 bridgehead atoms. The molecule has 0 aromatic heterocycles. The van der Waals surface area contributed by atoms with Gasteiger partial charge in [0, 0.05) is 39.4 Å². The lowest BCUT2D eigenvalue weighted by Crippen LogP contribution is -2.61. The van der Waals surface area contributed by atoms with Gasteiger partial charge in [0.25, 0.3) is 0 Å². The van der Waals surface area contributed by atoms with Gasteiger partial charge in [0.05, 0.1) is 0 Å². The van der Waals surface area contributed by atoms with Crippen molar-refractivity contribution in [2.75, 3.05) is 9.71 Å². The van der Waals surface area contributed by atoms with Crippen LogP contribution in [0, 0.1) is 6.92 Å². The van der Waals surface area contributed by atoms with E-state index < -0.39 is 0 Å². The monoisotopic (exact) mass is 550 g/mol. The lowest BCUT2D eigenvalue weighted by molar-refractivity contribution is 0.660. The van der Waals surface area contributed by atoms with Crippen molar-refractivity contribution >= 4 is 46.2 Å². The molecule has 6 aromatic carbocycles. The number of aryl methyl sites for hydroxylation is 1. The van der Waals surface area contributed by atoms with E-state index in [4.69, 9.17) is 0 Å². The summed E-state index contributed by atoms with van der Waals surface area (Å²) in [6.07, 6.45) is 0. The molecule has 0 N–H and O–H groups in total. The third kappa shape index (κ3) is 3.31. The van der Waals surface area contributed by atoms with E-state index in [1.807, 2.05) is 0 Å². The van der Waals surface area contributed by atoms with E-state index in [2.05, 4.69) is 164 Å². The first-order valence-corrected chi connectivity index (χ1v) is 15.2. The molecule has 0 fully saturated rings. The highest BCUT2D eigenvalue weighted by Crippen LogP contribution is 2.54. The van der Waals surface area contributed by atoms with Crippen LogP contribution in [0.3, 0.4) is 0 Å². The predicted octanol–water partition coefficient (Wildman–Crippen LogP) is 9.01. The molecule has 3 aliphatic rings. The van der Waals surface area contributed by atoms with Gasteiger partial charge in [-0.1, -0.05) is 98.8 Å². The summed E-state index contributed by atoms with van der Waals surface area (Å²) in [6.45, 7) is 7.04. The Kier molecular flexibility index (Phi) is 5.00. The van der Waals surface area contributed by atoms with Crippen LogP contribution in [0.2, 0.25) is 0 Å². The first-order chi connectivity index (χ1) is 21.0. The van der Waals surface area contributed by atoms with E-state index in [-0.39, 0.29) is 12.3 Å². The third-order valence-electron chi connectivity index (χ3n) is 9.85. The quantitative estimate of drug-likeness (QED) is 0.199. The Labute approximate surface area is 254 Å². The SMILES string of the molecule is Cc1cc2c3c(c1)N(c1ccccc1)c1ccccc1B3N(c1ccccc1)c1cc3c(cc1-2)-c1ccccc1C3(C)C. The lowest BCUT2D eigenvalue weighted by Gasteiger charge is -2.46. The van der Waals surface area contributed by atoms with Gasteiger partial charge in [-0.15, -0.1) is 0 Å². The van der Waals surface area contributed by atoms with Gasteiger partial charge in [0.1, 0.15) is 0 Å². The second kappa shape index (κ2) is 8.75. The Morgan fingerprint density at radius 3 is 1.98 bits per heavy atom. The zero-order valence-electron chi connectivity index (χ0n) is 24.7. The molecule has 2 aliphatic heterocycles. The Morgan fingerprint density at radius 2 is 1.19 bits per heavy atom. The molecule has 0 radical (unpaired) electrons. The van der Waals surface area contributed by atoms with Crippen molar-refractivity contribution in [3.63, 3.8) is 0 Å². The van der Waals surface area contributed by atoms with Gasteiger partial charge >= 0.3 is 6.85 Å².